The van der Waals surface area contributed by atoms with Gasteiger partial charge in [0.2, 0.25) is 0 Å². The summed E-state index contributed by atoms with van der Waals surface area (Å²) in [5.74, 6) is 0. The molecule has 0 aliphatic rings. The molecule has 0 saturated carbocycles. The molecule has 0 atom stereocenters. The van der Waals surface area contributed by atoms with Gasteiger partial charge < -0.3 is 10.6 Å². The minimum absolute atomic E-state index is 0.461. The van der Waals surface area contributed by atoms with E-state index in [0.717, 1.165) is 5.56 Å². The lowest BCUT2D eigenvalue weighted by molar-refractivity contribution is 0.154. The van der Waals surface area contributed by atoms with Crippen LogP contribution < -0.4 is 5.73 Å². The van der Waals surface area contributed by atoms with Crippen molar-refractivity contribution in [3.63, 3.8) is 0 Å². The number of hydrogen-bond donors (Lipinski definition) is 1. The zero-order valence-corrected chi connectivity index (χ0v) is 7.73. The van der Waals surface area contributed by atoms with Crippen LogP contribution in [0, 0.1) is 6.92 Å². The van der Waals surface area contributed by atoms with Crippen LogP contribution in [0.3, 0.4) is 0 Å². The minimum atomic E-state index is 0.461. The molecule has 3 nitrogen and oxygen atoms in total. The van der Waals surface area contributed by atoms with E-state index in [9.17, 15) is 0 Å². The van der Waals surface area contributed by atoms with Crippen LogP contribution in [0.5, 0.6) is 0 Å². The van der Waals surface area contributed by atoms with E-state index < -0.39 is 0 Å². The Kier molecular flexibility index (Phi) is 3.99. The molecule has 0 aliphatic carbocycles. The number of nitrogens with two attached hydrogens (primary N) is 1. The number of aryl methyl sites for hydroxylation is 1. The third kappa shape index (κ3) is 3.71. The molecule has 1 rings (SSSR count). The van der Waals surface area contributed by atoms with Gasteiger partial charge in [0.05, 0.1) is 6.21 Å². The second kappa shape index (κ2) is 5.32. The van der Waals surface area contributed by atoms with Gasteiger partial charge in [-0.1, -0.05) is 35.0 Å². The quantitative estimate of drug-likeness (QED) is 0.429. The fraction of sp³-hybridized carbons (Fsp3) is 0.300. The maximum Gasteiger partial charge on any atom is 0.129 e. The molecule has 0 fully saturated rings. The maximum atomic E-state index is 5.23. The van der Waals surface area contributed by atoms with Gasteiger partial charge in [0.15, 0.2) is 0 Å². The highest BCUT2D eigenvalue weighted by molar-refractivity contribution is 5.78. The Balaban J connectivity index is 2.44. The van der Waals surface area contributed by atoms with Gasteiger partial charge in [0.1, 0.15) is 6.61 Å². The smallest absolute Gasteiger partial charge is 0.129 e. The first kappa shape index (κ1) is 9.74. The molecule has 1 aromatic carbocycles. The van der Waals surface area contributed by atoms with E-state index in [0.29, 0.717) is 13.2 Å². The zero-order chi connectivity index (χ0) is 9.52. The number of hydrogen-bond acceptors (Lipinski definition) is 3. The predicted octanol–water partition coefficient (Wildman–Crippen LogP) is 1.30. The molecule has 0 amide bonds. The van der Waals surface area contributed by atoms with Gasteiger partial charge in [-0.25, -0.2) is 0 Å². The average molecular weight is 178 g/mol. The second-order valence-corrected chi connectivity index (χ2v) is 2.77. The van der Waals surface area contributed by atoms with Gasteiger partial charge in [0, 0.05) is 6.54 Å². The van der Waals surface area contributed by atoms with E-state index in [1.807, 2.05) is 31.2 Å². The van der Waals surface area contributed by atoms with Gasteiger partial charge in [0.25, 0.3) is 0 Å². The Morgan fingerprint density at radius 3 is 2.69 bits per heavy atom. The standard InChI is InChI=1S/C10H14N2O/c1-9-2-4-10(5-3-9)8-12-13-7-6-11/h2-5,8H,6-7,11H2,1H3. The number of rotatable bonds is 4. The Labute approximate surface area is 78.2 Å². The van der Waals surface area contributed by atoms with Crippen LogP contribution >= 0.6 is 0 Å². The lowest BCUT2D eigenvalue weighted by atomic mass is 10.2. The summed E-state index contributed by atoms with van der Waals surface area (Å²) in [5.41, 5.74) is 7.50. The normalized spacial score (nSPS) is 10.6. The molecule has 0 bridgehead atoms. The monoisotopic (exact) mass is 178 g/mol. The number of nitrogens with zero attached hydrogens (tertiary/aromatic N) is 1. The van der Waals surface area contributed by atoms with E-state index in [2.05, 4.69) is 5.16 Å². The average Bonchev–Trinajstić information content (AvgIpc) is 2.15. The lowest BCUT2D eigenvalue weighted by Gasteiger charge is -1.95. The van der Waals surface area contributed by atoms with Gasteiger partial charge in [-0.3, -0.25) is 0 Å². The number of benzene rings is 1. The van der Waals surface area contributed by atoms with E-state index in [1.54, 1.807) is 6.21 Å². The zero-order valence-electron chi connectivity index (χ0n) is 7.73. The molecule has 70 valence electrons. The molecule has 0 unspecified atom stereocenters. The van der Waals surface area contributed by atoms with Crippen molar-refractivity contribution in [2.24, 2.45) is 10.9 Å². The Bertz CT molecular complexity index is 267. The van der Waals surface area contributed by atoms with Crippen LogP contribution in [0.1, 0.15) is 11.1 Å². The van der Waals surface area contributed by atoms with Crippen LogP contribution in [-0.2, 0) is 4.84 Å². The van der Waals surface area contributed by atoms with Crippen LogP contribution in [0.4, 0.5) is 0 Å². The van der Waals surface area contributed by atoms with Gasteiger partial charge in [-0.2, -0.15) is 0 Å². The molecule has 2 N–H and O–H groups in total. The molecule has 0 saturated heterocycles. The van der Waals surface area contributed by atoms with Crippen LogP contribution in [-0.4, -0.2) is 19.4 Å². The topological polar surface area (TPSA) is 47.6 Å². The fourth-order valence-corrected chi connectivity index (χ4v) is 0.856. The van der Waals surface area contributed by atoms with Crippen molar-refractivity contribution >= 4 is 6.21 Å². The van der Waals surface area contributed by atoms with Crippen molar-refractivity contribution in [1.82, 2.24) is 0 Å². The van der Waals surface area contributed by atoms with Crippen LogP contribution in [0.2, 0.25) is 0 Å². The summed E-state index contributed by atoms with van der Waals surface area (Å²) in [7, 11) is 0. The first-order valence-electron chi connectivity index (χ1n) is 4.25. The SMILES string of the molecule is Cc1ccc(C=NOCCN)cc1. The maximum absolute atomic E-state index is 5.23. The molecule has 0 heterocycles. The largest absolute Gasteiger partial charge is 0.394 e. The summed E-state index contributed by atoms with van der Waals surface area (Å²) in [5, 5.41) is 3.76. The highest BCUT2D eigenvalue weighted by Gasteiger charge is 1.86. The van der Waals surface area contributed by atoms with E-state index >= 15 is 0 Å². The molecular formula is C10H14N2O. The molecule has 0 aromatic heterocycles. The van der Waals surface area contributed by atoms with Crippen molar-refractivity contribution in [2.75, 3.05) is 13.2 Å². The molecule has 0 aliphatic heterocycles. The highest BCUT2D eigenvalue weighted by atomic mass is 16.6. The molecule has 0 radical (unpaired) electrons. The summed E-state index contributed by atoms with van der Waals surface area (Å²) in [6.07, 6.45) is 1.68. The van der Waals surface area contributed by atoms with Gasteiger partial charge >= 0.3 is 0 Å². The first-order valence-corrected chi connectivity index (χ1v) is 4.25. The predicted molar refractivity (Wildman–Crippen MR) is 53.8 cm³/mol. The first-order chi connectivity index (χ1) is 6.33. The third-order valence-electron chi connectivity index (χ3n) is 1.56. The molecule has 1 aromatic rings. The van der Waals surface area contributed by atoms with Crippen molar-refractivity contribution < 1.29 is 4.84 Å². The molecule has 0 spiro atoms. The summed E-state index contributed by atoms with van der Waals surface area (Å²) in [4.78, 5) is 4.86. The Morgan fingerprint density at radius 2 is 2.08 bits per heavy atom. The highest BCUT2D eigenvalue weighted by Crippen LogP contribution is 1.99. The van der Waals surface area contributed by atoms with E-state index in [1.165, 1.54) is 5.56 Å². The number of oxime groups is 1. The second-order valence-electron chi connectivity index (χ2n) is 2.77. The molecular weight excluding hydrogens is 164 g/mol. The lowest BCUT2D eigenvalue weighted by Crippen LogP contribution is -2.05. The summed E-state index contributed by atoms with van der Waals surface area (Å²) >= 11 is 0. The van der Waals surface area contributed by atoms with E-state index in [-0.39, 0.29) is 0 Å². The Hall–Kier alpha value is -1.35. The van der Waals surface area contributed by atoms with Crippen molar-refractivity contribution in [3.05, 3.63) is 35.4 Å². The van der Waals surface area contributed by atoms with Gasteiger partial charge in [-0.05, 0) is 12.5 Å². The van der Waals surface area contributed by atoms with Crippen LogP contribution in [0.15, 0.2) is 29.4 Å². The van der Waals surface area contributed by atoms with Crippen molar-refractivity contribution in [3.8, 4) is 0 Å². The third-order valence-corrected chi connectivity index (χ3v) is 1.56. The minimum Gasteiger partial charge on any atom is -0.394 e. The molecule has 3 heteroatoms. The fourth-order valence-electron chi connectivity index (χ4n) is 0.856. The van der Waals surface area contributed by atoms with Gasteiger partial charge in [-0.15, -0.1) is 0 Å². The summed E-state index contributed by atoms with van der Waals surface area (Å²) < 4.78 is 0. The van der Waals surface area contributed by atoms with Crippen molar-refractivity contribution in [2.45, 2.75) is 6.92 Å². The van der Waals surface area contributed by atoms with Crippen molar-refractivity contribution in [1.29, 1.82) is 0 Å². The molecule has 13 heavy (non-hydrogen) atoms. The summed E-state index contributed by atoms with van der Waals surface area (Å²) in [6.45, 7) is 3.00. The van der Waals surface area contributed by atoms with E-state index in [4.69, 9.17) is 10.6 Å². The van der Waals surface area contributed by atoms with Crippen LogP contribution in [0.25, 0.3) is 0 Å². The Morgan fingerprint density at radius 1 is 1.38 bits per heavy atom. The summed E-state index contributed by atoms with van der Waals surface area (Å²) in [6, 6.07) is 8.05.